The molecule has 0 unspecified atom stereocenters. The molecule has 0 aliphatic carbocycles. The van der Waals surface area contributed by atoms with Gasteiger partial charge < -0.3 is 15.8 Å². The molecule has 5 nitrogen and oxygen atoms in total. The third-order valence-corrected chi connectivity index (χ3v) is 1.41. The number of carbonyl (C=O) groups is 2. The fourth-order valence-electron chi connectivity index (χ4n) is 0.671. The zero-order valence-corrected chi connectivity index (χ0v) is 8.16. The van der Waals surface area contributed by atoms with E-state index in [1.165, 1.54) is 0 Å². The summed E-state index contributed by atoms with van der Waals surface area (Å²) in [6.45, 7) is 5.11. The highest BCUT2D eigenvalue weighted by Crippen LogP contribution is 1.88. The van der Waals surface area contributed by atoms with Crippen molar-refractivity contribution in [3.05, 3.63) is 0 Å². The number of carbonyl (C=O) groups excluding carboxylic acids is 2. The third kappa shape index (κ3) is 4.47. The number of hydrogen-bond donors (Lipinski definition) is 2. The normalized spacial score (nSPS) is 14.5. The number of hydrogen-bond acceptors (Lipinski definition) is 4. The van der Waals surface area contributed by atoms with Crippen molar-refractivity contribution in [3.8, 4) is 0 Å². The lowest BCUT2D eigenvalue weighted by atomic mass is 10.3. The van der Waals surface area contributed by atoms with E-state index in [-0.39, 0.29) is 5.91 Å². The molecule has 3 N–H and O–H groups in total. The van der Waals surface area contributed by atoms with E-state index in [0.29, 0.717) is 6.61 Å². The van der Waals surface area contributed by atoms with Gasteiger partial charge in [-0.05, 0) is 20.8 Å². The van der Waals surface area contributed by atoms with Crippen LogP contribution in [-0.4, -0.2) is 30.6 Å². The van der Waals surface area contributed by atoms with E-state index < -0.39 is 18.1 Å². The molecule has 0 fully saturated rings. The minimum Gasteiger partial charge on any atom is -0.464 e. The molecular weight excluding hydrogens is 172 g/mol. The van der Waals surface area contributed by atoms with Gasteiger partial charge in [0, 0.05) is 0 Å². The van der Waals surface area contributed by atoms with E-state index in [1.54, 1.807) is 20.8 Å². The van der Waals surface area contributed by atoms with Gasteiger partial charge in [-0.1, -0.05) is 0 Å². The number of rotatable bonds is 4. The molecule has 0 aromatic rings. The van der Waals surface area contributed by atoms with Gasteiger partial charge in [-0.2, -0.15) is 0 Å². The van der Waals surface area contributed by atoms with Gasteiger partial charge in [0.15, 0.2) is 0 Å². The molecule has 0 aliphatic rings. The molecule has 0 spiro atoms. The van der Waals surface area contributed by atoms with Crippen LogP contribution < -0.4 is 11.1 Å². The standard InChI is InChI=1S/C8H16N2O3/c1-4-13-8(12)6(3)10-7(11)5(2)9/h5-6H,4,9H2,1-3H3,(H,10,11)/t5-,6-/m1/s1. The van der Waals surface area contributed by atoms with Crippen LogP contribution in [-0.2, 0) is 14.3 Å². The summed E-state index contributed by atoms with van der Waals surface area (Å²) in [5.74, 6) is -0.808. The second-order valence-corrected chi connectivity index (χ2v) is 2.77. The zero-order valence-electron chi connectivity index (χ0n) is 8.16. The summed E-state index contributed by atoms with van der Waals surface area (Å²) in [5, 5.41) is 2.43. The molecule has 5 heteroatoms. The minimum atomic E-state index is -0.640. The molecule has 0 saturated carbocycles. The Labute approximate surface area is 77.6 Å². The summed E-state index contributed by atoms with van der Waals surface area (Å²) in [4.78, 5) is 22.0. The Kier molecular flexibility index (Phi) is 5.06. The lowest BCUT2D eigenvalue weighted by Gasteiger charge is -2.13. The van der Waals surface area contributed by atoms with E-state index in [4.69, 9.17) is 5.73 Å². The van der Waals surface area contributed by atoms with Crippen molar-refractivity contribution >= 4 is 11.9 Å². The maximum absolute atomic E-state index is 11.0. The first-order chi connectivity index (χ1) is 5.99. The molecule has 1 amide bonds. The number of nitrogens with one attached hydrogen (secondary N) is 1. The Balaban J connectivity index is 3.92. The van der Waals surface area contributed by atoms with Crippen molar-refractivity contribution in [1.29, 1.82) is 0 Å². The monoisotopic (exact) mass is 188 g/mol. The second-order valence-electron chi connectivity index (χ2n) is 2.77. The molecule has 76 valence electrons. The highest BCUT2D eigenvalue weighted by Gasteiger charge is 2.17. The van der Waals surface area contributed by atoms with Gasteiger partial charge in [0.1, 0.15) is 6.04 Å². The van der Waals surface area contributed by atoms with Crippen LogP contribution >= 0.6 is 0 Å². The van der Waals surface area contributed by atoms with Crippen LogP contribution in [0.15, 0.2) is 0 Å². The van der Waals surface area contributed by atoms with E-state index in [2.05, 4.69) is 10.1 Å². The average Bonchev–Trinajstić information content (AvgIpc) is 2.04. The van der Waals surface area contributed by atoms with Gasteiger partial charge in [-0.3, -0.25) is 4.79 Å². The molecule has 0 rings (SSSR count). The van der Waals surface area contributed by atoms with Crippen molar-refractivity contribution < 1.29 is 14.3 Å². The Morgan fingerprint density at radius 3 is 2.38 bits per heavy atom. The fourth-order valence-corrected chi connectivity index (χ4v) is 0.671. The zero-order chi connectivity index (χ0) is 10.4. The van der Waals surface area contributed by atoms with E-state index >= 15 is 0 Å². The van der Waals surface area contributed by atoms with Gasteiger partial charge in [0.25, 0.3) is 0 Å². The summed E-state index contributed by atoms with van der Waals surface area (Å²) in [5.41, 5.74) is 5.29. The Bertz CT molecular complexity index is 192. The van der Waals surface area contributed by atoms with Crippen molar-refractivity contribution in [2.45, 2.75) is 32.9 Å². The molecule has 13 heavy (non-hydrogen) atoms. The Morgan fingerprint density at radius 1 is 1.46 bits per heavy atom. The van der Waals surface area contributed by atoms with E-state index in [0.717, 1.165) is 0 Å². The molecule has 2 atom stereocenters. The first-order valence-corrected chi connectivity index (χ1v) is 4.21. The number of amides is 1. The van der Waals surface area contributed by atoms with Gasteiger partial charge in [0.2, 0.25) is 5.91 Å². The summed E-state index contributed by atoms with van der Waals surface area (Å²) in [6.07, 6.45) is 0. The van der Waals surface area contributed by atoms with Gasteiger partial charge in [-0.25, -0.2) is 4.79 Å². The van der Waals surface area contributed by atoms with Crippen LogP contribution in [0, 0.1) is 0 Å². The van der Waals surface area contributed by atoms with Crippen molar-refractivity contribution in [3.63, 3.8) is 0 Å². The van der Waals surface area contributed by atoms with Gasteiger partial charge in [0.05, 0.1) is 12.6 Å². The lowest BCUT2D eigenvalue weighted by Crippen LogP contribution is -2.46. The van der Waals surface area contributed by atoms with E-state index in [9.17, 15) is 9.59 Å². The topological polar surface area (TPSA) is 81.4 Å². The fraction of sp³-hybridized carbons (Fsp3) is 0.750. The van der Waals surface area contributed by atoms with Crippen LogP contribution in [0.4, 0.5) is 0 Å². The quantitative estimate of drug-likeness (QED) is 0.577. The summed E-state index contributed by atoms with van der Waals surface area (Å²) >= 11 is 0. The molecule has 0 saturated heterocycles. The molecular formula is C8H16N2O3. The van der Waals surface area contributed by atoms with E-state index in [1.807, 2.05) is 0 Å². The predicted octanol–water partition coefficient (Wildman–Crippen LogP) is -0.599. The molecule has 0 radical (unpaired) electrons. The maximum atomic E-state index is 11.0. The minimum absolute atomic E-state index is 0.303. The van der Waals surface area contributed by atoms with Gasteiger partial charge >= 0.3 is 5.97 Å². The molecule has 0 aromatic heterocycles. The lowest BCUT2D eigenvalue weighted by molar-refractivity contribution is -0.146. The summed E-state index contributed by atoms with van der Waals surface area (Å²) in [7, 11) is 0. The van der Waals surface area contributed by atoms with Crippen molar-refractivity contribution in [1.82, 2.24) is 5.32 Å². The largest absolute Gasteiger partial charge is 0.464 e. The number of ether oxygens (including phenoxy) is 1. The average molecular weight is 188 g/mol. The number of esters is 1. The first kappa shape index (κ1) is 11.9. The first-order valence-electron chi connectivity index (χ1n) is 4.21. The van der Waals surface area contributed by atoms with Crippen molar-refractivity contribution in [2.75, 3.05) is 6.61 Å². The van der Waals surface area contributed by atoms with Crippen molar-refractivity contribution in [2.24, 2.45) is 5.73 Å². The molecule has 0 aliphatic heterocycles. The molecule has 0 heterocycles. The maximum Gasteiger partial charge on any atom is 0.328 e. The third-order valence-electron chi connectivity index (χ3n) is 1.41. The highest BCUT2D eigenvalue weighted by atomic mass is 16.5. The second kappa shape index (κ2) is 5.53. The van der Waals surface area contributed by atoms with Crippen LogP contribution in [0.5, 0.6) is 0 Å². The van der Waals surface area contributed by atoms with Gasteiger partial charge in [-0.15, -0.1) is 0 Å². The molecule has 0 aromatic carbocycles. The summed E-state index contributed by atoms with van der Waals surface area (Å²) < 4.78 is 4.69. The smallest absolute Gasteiger partial charge is 0.328 e. The summed E-state index contributed by atoms with van der Waals surface area (Å²) in [6, 6.07) is -1.25. The SMILES string of the molecule is CCOC(=O)[C@@H](C)NC(=O)[C@@H](C)N. The Morgan fingerprint density at radius 2 is 2.00 bits per heavy atom. The highest BCUT2D eigenvalue weighted by molar-refractivity contribution is 5.86. The Hall–Kier alpha value is -1.10. The van der Waals surface area contributed by atoms with Crippen LogP contribution in [0.3, 0.4) is 0 Å². The van der Waals surface area contributed by atoms with Crippen LogP contribution in [0.25, 0.3) is 0 Å². The van der Waals surface area contributed by atoms with Crippen LogP contribution in [0.2, 0.25) is 0 Å². The number of nitrogens with two attached hydrogens (primary N) is 1. The predicted molar refractivity (Wildman–Crippen MR) is 47.9 cm³/mol. The molecule has 0 bridgehead atoms. The van der Waals surface area contributed by atoms with Crippen LogP contribution in [0.1, 0.15) is 20.8 Å².